The van der Waals surface area contributed by atoms with Crippen LogP contribution >= 0.6 is 0 Å². The highest BCUT2D eigenvalue weighted by Gasteiger charge is 2.21. The third-order valence-corrected chi connectivity index (χ3v) is 4.12. The van der Waals surface area contributed by atoms with Crippen molar-refractivity contribution in [1.82, 2.24) is 10.0 Å². The molecule has 7 heteroatoms. The number of carbonyl (C=O) groups is 1. The number of sulfonamides is 1. The van der Waals surface area contributed by atoms with Crippen LogP contribution in [0.1, 0.15) is 25.8 Å². The zero-order chi connectivity index (χ0) is 15.2. The van der Waals surface area contributed by atoms with E-state index in [1.54, 1.807) is 0 Å². The Morgan fingerprint density at radius 3 is 2.45 bits per heavy atom. The topological polar surface area (TPSA) is 99.1 Å². The van der Waals surface area contributed by atoms with Gasteiger partial charge in [-0.1, -0.05) is 6.92 Å². The van der Waals surface area contributed by atoms with Crippen LogP contribution in [0.5, 0.6) is 0 Å². The first kappa shape index (κ1) is 16.1. The van der Waals surface area contributed by atoms with Crippen LogP contribution in [0.4, 0.5) is 0 Å². The molecule has 1 aromatic rings. The first-order valence-electron chi connectivity index (χ1n) is 6.21. The Morgan fingerprint density at radius 1 is 1.35 bits per heavy atom. The number of hydrogen-bond acceptors (Lipinski definition) is 4. The Labute approximate surface area is 118 Å². The van der Waals surface area contributed by atoms with Gasteiger partial charge in [0.1, 0.15) is 0 Å². The van der Waals surface area contributed by atoms with Crippen molar-refractivity contribution in [2.75, 3.05) is 6.54 Å². The first-order chi connectivity index (χ1) is 9.40. The van der Waals surface area contributed by atoms with E-state index in [0.717, 1.165) is 6.42 Å². The maximum Gasteiger partial charge on any atom is 0.241 e. The molecule has 1 atom stereocenters. The maximum absolute atomic E-state index is 12.0. The molecule has 0 fully saturated rings. The third-order valence-electron chi connectivity index (χ3n) is 2.57. The molecule has 0 spiro atoms. The van der Waals surface area contributed by atoms with Crippen LogP contribution in [0.25, 0.3) is 0 Å². The fourth-order valence-corrected chi connectivity index (χ4v) is 2.67. The van der Waals surface area contributed by atoms with Crippen LogP contribution in [-0.4, -0.2) is 26.9 Å². The lowest BCUT2D eigenvalue weighted by molar-refractivity contribution is -0.122. The fourth-order valence-electron chi connectivity index (χ4n) is 1.46. The fraction of sp³-hybridized carbons (Fsp3) is 0.385. The highest BCUT2D eigenvalue weighted by Crippen LogP contribution is 2.10. The zero-order valence-corrected chi connectivity index (χ0v) is 12.2. The summed E-state index contributed by atoms with van der Waals surface area (Å²) in [5, 5.41) is 11.3. The summed E-state index contributed by atoms with van der Waals surface area (Å²) in [4.78, 5) is 11.7. The van der Waals surface area contributed by atoms with Crippen LogP contribution in [0.3, 0.4) is 0 Å². The lowest BCUT2D eigenvalue weighted by Gasteiger charge is -2.14. The number of nitrogens with one attached hydrogen (secondary N) is 2. The lowest BCUT2D eigenvalue weighted by atomic mass is 10.2. The van der Waals surface area contributed by atoms with Crippen molar-refractivity contribution >= 4 is 15.9 Å². The van der Waals surface area contributed by atoms with Gasteiger partial charge in [-0.05, 0) is 37.6 Å². The summed E-state index contributed by atoms with van der Waals surface area (Å²) in [6, 6.07) is 6.54. The number of carbonyl (C=O) groups excluding carboxylic acids is 1. The lowest BCUT2D eigenvalue weighted by Crippen LogP contribution is -2.44. The van der Waals surface area contributed by atoms with Crippen molar-refractivity contribution in [3.05, 3.63) is 29.8 Å². The van der Waals surface area contributed by atoms with Crippen LogP contribution in [0, 0.1) is 11.3 Å². The molecule has 1 amide bonds. The van der Waals surface area contributed by atoms with Gasteiger partial charge in [-0.15, -0.1) is 0 Å². The first-order valence-corrected chi connectivity index (χ1v) is 7.69. The van der Waals surface area contributed by atoms with Crippen LogP contribution < -0.4 is 10.0 Å². The molecule has 0 aromatic heterocycles. The van der Waals surface area contributed by atoms with Crippen molar-refractivity contribution in [2.24, 2.45) is 0 Å². The molecule has 1 aromatic carbocycles. The smallest absolute Gasteiger partial charge is 0.241 e. The maximum atomic E-state index is 12.0. The summed E-state index contributed by atoms with van der Waals surface area (Å²) < 4.78 is 26.4. The molecule has 0 saturated carbocycles. The average molecular weight is 295 g/mol. The molecule has 0 aliphatic rings. The van der Waals surface area contributed by atoms with E-state index in [-0.39, 0.29) is 10.8 Å². The molecule has 108 valence electrons. The molecule has 6 nitrogen and oxygen atoms in total. The van der Waals surface area contributed by atoms with E-state index in [2.05, 4.69) is 10.0 Å². The van der Waals surface area contributed by atoms with Crippen LogP contribution in [0.15, 0.2) is 29.2 Å². The van der Waals surface area contributed by atoms with Gasteiger partial charge < -0.3 is 5.32 Å². The van der Waals surface area contributed by atoms with Crippen molar-refractivity contribution in [1.29, 1.82) is 5.26 Å². The second-order valence-electron chi connectivity index (χ2n) is 4.27. The number of nitriles is 1. The molecular formula is C13H17N3O3S. The van der Waals surface area contributed by atoms with Crippen molar-refractivity contribution < 1.29 is 13.2 Å². The van der Waals surface area contributed by atoms with Gasteiger partial charge in [-0.25, -0.2) is 8.42 Å². The number of rotatable bonds is 6. The Kier molecular flexibility index (Phi) is 5.67. The van der Waals surface area contributed by atoms with Crippen LogP contribution in [-0.2, 0) is 14.8 Å². The summed E-state index contributed by atoms with van der Waals surface area (Å²) in [5.74, 6) is -0.371. The summed E-state index contributed by atoms with van der Waals surface area (Å²) in [7, 11) is -3.77. The van der Waals surface area contributed by atoms with Crippen molar-refractivity contribution in [3.8, 4) is 6.07 Å². The molecule has 0 unspecified atom stereocenters. The van der Waals surface area contributed by atoms with Gasteiger partial charge in [0.25, 0.3) is 0 Å². The average Bonchev–Trinajstić information content (AvgIpc) is 2.44. The second-order valence-corrected chi connectivity index (χ2v) is 5.98. The minimum Gasteiger partial charge on any atom is -0.355 e. The molecule has 0 saturated heterocycles. The zero-order valence-electron chi connectivity index (χ0n) is 11.4. The molecule has 2 N–H and O–H groups in total. The minimum absolute atomic E-state index is 0.0200. The number of benzene rings is 1. The van der Waals surface area contributed by atoms with E-state index in [0.29, 0.717) is 12.1 Å². The largest absolute Gasteiger partial charge is 0.355 e. The third kappa shape index (κ3) is 4.33. The second kappa shape index (κ2) is 7.03. The molecular weight excluding hydrogens is 278 g/mol. The van der Waals surface area contributed by atoms with E-state index in [4.69, 9.17) is 5.26 Å². The summed E-state index contributed by atoms with van der Waals surface area (Å²) in [5.41, 5.74) is 0.373. The van der Waals surface area contributed by atoms with Gasteiger partial charge in [0.15, 0.2) is 0 Å². The number of amides is 1. The van der Waals surface area contributed by atoms with Gasteiger partial charge >= 0.3 is 0 Å². The normalized spacial score (nSPS) is 12.4. The number of hydrogen-bond donors (Lipinski definition) is 2. The predicted octanol–water partition coefficient (Wildman–Crippen LogP) is 0.751. The highest BCUT2D eigenvalue weighted by molar-refractivity contribution is 7.89. The molecule has 0 heterocycles. The van der Waals surface area contributed by atoms with E-state index in [1.165, 1.54) is 31.2 Å². The molecule has 0 radical (unpaired) electrons. The highest BCUT2D eigenvalue weighted by atomic mass is 32.2. The van der Waals surface area contributed by atoms with Gasteiger partial charge in [-0.3, -0.25) is 4.79 Å². The predicted molar refractivity (Wildman–Crippen MR) is 74.2 cm³/mol. The van der Waals surface area contributed by atoms with Gasteiger partial charge in [0, 0.05) is 6.54 Å². The SMILES string of the molecule is CCCNC(=O)[C@@H](C)NS(=O)(=O)c1ccc(C#N)cc1. The summed E-state index contributed by atoms with van der Waals surface area (Å²) in [6.45, 7) is 3.89. The Morgan fingerprint density at radius 2 is 1.95 bits per heavy atom. The number of nitrogens with zero attached hydrogens (tertiary/aromatic N) is 1. The van der Waals surface area contributed by atoms with Crippen molar-refractivity contribution in [2.45, 2.75) is 31.2 Å². The molecule has 1 rings (SSSR count). The van der Waals surface area contributed by atoms with E-state index >= 15 is 0 Å². The van der Waals surface area contributed by atoms with Crippen LogP contribution in [0.2, 0.25) is 0 Å². The molecule has 0 aliphatic carbocycles. The molecule has 0 aliphatic heterocycles. The Balaban J connectivity index is 2.78. The molecule has 0 bridgehead atoms. The standard InChI is InChI=1S/C13H17N3O3S/c1-3-8-15-13(17)10(2)16-20(18,19)12-6-4-11(9-14)5-7-12/h4-7,10,16H,3,8H2,1-2H3,(H,15,17)/t10-/m1/s1. The quantitative estimate of drug-likeness (QED) is 0.809. The van der Waals surface area contributed by atoms with E-state index in [1.807, 2.05) is 13.0 Å². The van der Waals surface area contributed by atoms with Gasteiger partial charge in [-0.2, -0.15) is 9.98 Å². The van der Waals surface area contributed by atoms with Gasteiger partial charge in [0.2, 0.25) is 15.9 Å². The summed E-state index contributed by atoms with van der Waals surface area (Å²) in [6.07, 6.45) is 0.779. The Bertz CT molecular complexity index is 603. The monoisotopic (exact) mass is 295 g/mol. The van der Waals surface area contributed by atoms with Crippen molar-refractivity contribution in [3.63, 3.8) is 0 Å². The van der Waals surface area contributed by atoms with E-state index < -0.39 is 16.1 Å². The van der Waals surface area contributed by atoms with Gasteiger partial charge in [0.05, 0.1) is 22.6 Å². The molecule has 20 heavy (non-hydrogen) atoms. The summed E-state index contributed by atoms with van der Waals surface area (Å²) >= 11 is 0. The minimum atomic E-state index is -3.77. The van der Waals surface area contributed by atoms with E-state index in [9.17, 15) is 13.2 Å². The Hall–Kier alpha value is -1.91.